The Morgan fingerprint density at radius 2 is 1.90 bits per heavy atom. The van der Waals surface area contributed by atoms with Crippen molar-refractivity contribution in [2.45, 2.75) is 26.9 Å². The molecule has 0 spiro atoms. The zero-order valence-electron chi connectivity index (χ0n) is 12.7. The molecule has 0 amide bonds. The van der Waals surface area contributed by atoms with E-state index in [4.69, 9.17) is 9.47 Å². The molecule has 1 heterocycles. The lowest BCUT2D eigenvalue weighted by Gasteiger charge is -2.09. The number of aromatic nitrogens is 2. The minimum Gasteiger partial charge on any atom is -0.497 e. The topological polar surface area (TPSA) is 56.3 Å². The fourth-order valence-corrected chi connectivity index (χ4v) is 1.81. The minimum absolute atomic E-state index is 0.466. The molecule has 0 saturated heterocycles. The summed E-state index contributed by atoms with van der Waals surface area (Å²) in [6, 6.07) is 9.61. The Labute approximate surface area is 125 Å². The van der Waals surface area contributed by atoms with Gasteiger partial charge in [0.1, 0.15) is 12.4 Å². The van der Waals surface area contributed by atoms with Gasteiger partial charge in [-0.05, 0) is 31.0 Å². The van der Waals surface area contributed by atoms with Crippen molar-refractivity contribution in [3.63, 3.8) is 0 Å². The number of nitrogens with one attached hydrogen (secondary N) is 1. The molecule has 1 N–H and O–H groups in total. The van der Waals surface area contributed by atoms with E-state index in [2.05, 4.69) is 22.2 Å². The maximum absolute atomic E-state index is 5.74. The zero-order chi connectivity index (χ0) is 15.1. The van der Waals surface area contributed by atoms with Crippen LogP contribution in [-0.4, -0.2) is 23.6 Å². The molecule has 21 heavy (non-hydrogen) atoms. The maximum atomic E-state index is 5.74. The van der Waals surface area contributed by atoms with Crippen LogP contribution in [0.4, 0.5) is 5.95 Å². The van der Waals surface area contributed by atoms with Crippen LogP contribution in [0.25, 0.3) is 0 Å². The van der Waals surface area contributed by atoms with Gasteiger partial charge in [-0.2, -0.15) is 4.98 Å². The third-order valence-electron chi connectivity index (χ3n) is 2.91. The normalized spacial score (nSPS) is 10.2. The summed E-state index contributed by atoms with van der Waals surface area (Å²) in [6.07, 6.45) is 1.03. The van der Waals surface area contributed by atoms with Crippen LogP contribution in [-0.2, 0) is 6.61 Å². The van der Waals surface area contributed by atoms with E-state index in [-0.39, 0.29) is 0 Å². The Balaban J connectivity index is 1.99. The van der Waals surface area contributed by atoms with Crippen molar-refractivity contribution >= 4 is 5.95 Å². The summed E-state index contributed by atoms with van der Waals surface area (Å²) < 4.78 is 10.9. The van der Waals surface area contributed by atoms with Crippen LogP contribution in [0.3, 0.4) is 0 Å². The van der Waals surface area contributed by atoms with E-state index in [0.717, 1.165) is 30.0 Å². The molecule has 5 heteroatoms. The van der Waals surface area contributed by atoms with Gasteiger partial charge in [0, 0.05) is 18.3 Å². The van der Waals surface area contributed by atoms with Crippen molar-refractivity contribution in [3.8, 4) is 11.6 Å². The molecule has 0 atom stereocenters. The van der Waals surface area contributed by atoms with Gasteiger partial charge in [-0.1, -0.05) is 19.1 Å². The molecule has 0 aliphatic carbocycles. The molecule has 0 bridgehead atoms. The number of methoxy groups -OCH3 is 1. The quantitative estimate of drug-likeness (QED) is 0.847. The number of rotatable bonds is 7. The Morgan fingerprint density at radius 3 is 2.57 bits per heavy atom. The highest BCUT2D eigenvalue weighted by Crippen LogP contribution is 2.16. The summed E-state index contributed by atoms with van der Waals surface area (Å²) in [7, 11) is 1.65. The van der Waals surface area contributed by atoms with Gasteiger partial charge in [0.15, 0.2) is 0 Å². The number of nitrogens with zero attached hydrogens (tertiary/aromatic N) is 2. The van der Waals surface area contributed by atoms with Crippen LogP contribution in [0.5, 0.6) is 11.6 Å². The third-order valence-corrected chi connectivity index (χ3v) is 2.91. The highest BCUT2D eigenvalue weighted by molar-refractivity contribution is 5.31. The second-order valence-electron chi connectivity index (χ2n) is 4.73. The number of aryl methyl sites for hydroxylation is 1. The van der Waals surface area contributed by atoms with E-state index < -0.39 is 0 Å². The van der Waals surface area contributed by atoms with Gasteiger partial charge in [-0.15, -0.1) is 0 Å². The van der Waals surface area contributed by atoms with E-state index in [0.29, 0.717) is 18.4 Å². The van der Waals surface area contributed by atoms with E-state index in [9.17, 15) is 0 Å². The molecule has 1 aromatic heterocycles. The first-order valence-electron chi connectivity index (χ1n) is 7.06. The molecule has 5 nitrogen and oxygen atoms in total. The fourth-order valence-electron chi connectivity index (χ4n) is 1.81. The van der Waals surface area contributed by atoms with Crippen molar-refractivity contribution < 1.29 is 9.47 Å². The van der Waals surface area contributed by atoms with Crippen molar-refractivity contribution in [2.24, 2.45) is 0 Å². The Hall–Kier alpha value is -2.30. The third kappa shape index (κ3) is 4.63. The van der Waals surface area contributed by atoms with Gasteiger partial charge in [-0.25, -0.2) is 4.98 Å². The molecule has 2 rings (SSSR count). The smallest absolute Gasteiger partial charge is 0.226 e. The summed E-state index contributed by atoms with van der Waals surface area (Å²) in [5.41, 5.74) is 1.95. The number of hydrogen-bond donors (Lipinski definition) is 1. The van der Waals surface area contributed by atoms with E-state index in [1.54, 1.807) is 7.11 Å². The van der Waals surface area contributed by atoms with Crippen LogP contribution in [0.2, 0.25) is 0 Å². The molecule has 0 radical (unpaired) electrons. The molecule has 1 aromatic carbocycles. The number of hydrogen-bond acceptors (Lipinski definition) is 5. The molecule has 0 aliphatic heterocycles. The molecular weight excluding hydrogens is 266 g/mol. The van der Waals surface area contributed by atoms with Crippen LogP contribution >= 0.6 is 0 Å². The average Bonchev–Trinajstić information content (AvgIpc) is 2.51. The average molecular weight is 287 g/mol. The van der Waals surface area contributed by atoms with E-state index in [1.165, 1.54) is 0 Å². The molecule has 112 valence electrons. The summed E-state index contributed by atoms with van der Waals surface area (Å²) in [5.74, 6) is 2.03. The summed E-state index contributed by atoms with van der Waals surface area (Å²) in [6.45, 7) is 5.35. The first-order valence-corrected chi connectivity index (χ1v) is 7.06. The number of anilines is 1. The SMILES string of the molecule is CCCNc1nc(C)cc(OCc2ccc(OC)cc2)n1. The van der Waals surface area contributed by atoms with Crippen LogP contribution in [0, 0.1) is 6.92 Å². The predicted octanol–water partition coefficient (Wildman–Crippen LogP) is 3.19. The van der Waals surface area contributed by atoms with Crippen molar-refractivity contribution in [1.82, 2.24) is 9.97 Å². The second-order valence-corrected chi connectivity index (χ2v) is 4.73. The first kappa shape index (κ1) is 15.1. The van der Waals surface area contributed by atoms with Gasteiger partial charge in [-0.3, -0.25) is 0 Å². The lowest BCUT2D eigenvalue weighted by atomic mass is 10.2. The van der Waals surface area contributed by atoms with Gasteiger partial charge < -0.3 is 14.8 Å². The van der Waals surface area contributed by atoms with Gasteiger partial charge in [0.2, 0.25) is 11.8 Å². The molecule has 0 saturated carbocycles. The van der Waals surface area contributed by atoms with Crippen LogP contribution in [0.15, 0.2) is 30.3 Å². The molecule has 0 fully saturated rings. The Bertz CT molecular complexity index is 570. The summed E-state index contributed by atoms with van der Waals surface area (Å²) >= 11 is 0. The molecule has 0 aliphatic rings. The molecule has 0 unspecified atom stereocenters. The van der Waals surface area contributed by atoms with Gasteiger partial charge in [0.25, 0.3) is 0 Å². The van der Waals surface area contributed by atoms with Crippen molar-refractivity contribution in [2.75, 3.05) is 19.0 Å². The largest absolute Gasteiger partial charge is 0.497 e. The number of benzene rings is 1. The Kier molecular flexibility index (Phi) is 5.37. The molecular formula is C16H21N3O2. The minimum atomic E-state index is 0.466. The fraction of sp³-hybridized carbons (Fsp3) is 0.375. The lowest BCUT2D eigenvalue weighted by molar-refractivity contribution is 0.293. The van der Waals surface area contributed by atoms with Gasteiger partial charge in [0.05, 0.1) is 7.11 Å². The van der Waals surface area contributed by atoms with Crippen molar-refractivity contribution in [3.05, 3.63) is 41.6 Å². The second kappa shape index (κ2) is 7.47. The highest BCUT2D eigenvalue weighted by Gasteiger charge is 2.03. The molecule has 2 aromatic rings. The summed E-state index contributed by atoms with van der Waals surface area (Å²) in [4.78, 5) is 8.68. The predicted molar refractivity (Wildman–Crippen MR) is 82.9 cm³/mol. The lowest BCUT2D eigenvalue weighted by Crippen LogP contribution is -2.07. The van der Waals surface area contributed by atoms with Crippen molar-refractivity contribution in [1.29, 1.82) is 0 Å². The van der Waals surface area contributed by atoms with E-state index >= 15 is 0 Å². The van der Waals surface area contributed by atoms with Gasteiger partial charge >= 0.3 is 0 Å². The first-order chi connectivity index (χ1) is 10.2. The number of ether oxygens (including phenoxy) is 2. The highest BCUT2D eigenvalue weighted by atomic mass is 16.5. The Morgan fingerprint density at radius 1 is 1.14 bits per heavy atom. The summed E-state index contributed by atoms with van der Waals surface area (Å²) in [5, 5.41) is 3.17. The monoisotopic (exact) mass is 287 g/mol. The zero-order valence-corrected chi connectivity index (χ0v) is 12.7. The standard InChI is InChI=1S/C16H21N3O2/c1-4-9-17-16-18-12(2)10-15(19-16)21-11-13-5-7-14(20-3)8-6-13/h5-8,10H,4,9,11H2,1-3H3,(H,17,18,19). The van der Waals surface area contributed by atoms with Crippen LogP contribution < -0.4 is 14.8 Å². The van der Waals surface area contributed by atoms with Crippen LogP contribution in [0.1, 0.15) is 24.6 Å². The van der Waals surface area contributed by atoms with E-state index in [1.807, 2.05) is 37.3 Å². The maximum Gasteiger partial charge on any atom is 0.226 e.